The van der Waals surface area contributed by atoms with Gasteiger partial charge in [-0.25, -0.2) is 4.79 Å². The van der Waals surface area contributed by atoms with E-state index >= 15 is 0 Å². The van der Waals surface area contributed by atoms with Crippen LogP contribution in [0.4, 0.5) is 0 Å². The van der Waals surface area contributed by atoms with E-state index in [0.29, 0.717) is 0 Å². The molecule has 12 heteroatoms. The number of hydrogen-bond acceptors (Lipinski definition) is 8. The fourth-order valence-corrected chi connectivity index (χ4v) is 17.5. The van der Waals surface area contributed by atoms with E-state index in [2.05, 4.69) is 60.4 Å². The summed E-state index contributed by atoms with van der Waals surface area (Å²) in [6.45, 7) is 18.7. The highest BCUT2D eigenvalue weighted by molar-refractivity contribution is 6.84. The average molecular weight is 541 g/mol. The quantitative estimate of drug-likeness (QED) is 0.431. The van der Waals surface area contributed by atoms with Gasteiger partial charge in [-0.2, -0.15) is 0 Å². The molecule has 3 aliphatic rings. The number of fused-ring (bicyclic) bond motifs is 3. The molecule has 0 aromatic carbocycles. The number of carbonyl (C=O) groups excluding carboxylic acids is 1. The van der Waals surface area contributed by atoms with Crippen molar-refractivity contribution in [2.75, 3.05) is 6.61 Å². The molecule has 5 atom stereocenters. The summed E-state index contributed by atoms with van der Waals surface area (Å²) < 4.78 is 34.7. The van der Waals surface area contributed by atoms with E-state index in [9.17, 15) is 14.4 Å². The normalized spacial score (nSPS) is 32.8. The Morgan fingerprint density at radius 1 is 1.06 bits per heavy atom. The van der Waals surface area contributed by atoms with E-state index in [-0.39, 0.29) is 28.8 Å². The van der Waals surface area contributed by atoms with Crippen LogP contribution in [0.1, 0.15) is 68.4 Å². The third-order valence-electron chi connectivity index (χ3n) is 7.95. The van der Waals surface area contributed by atoms with Crippen molar-refractivity contribution in [3.63, 3.8) is 0 Å². The minimum Gasteiger partial charge on any atom is -0.430 e. The smallest absolute Gasteiger partial charge is 0.335 e. The van der Waals surface area contributed by atoms with Crippen molar-refractivity contribution in [2.45, 2.75) is 109 Å². The van der Waals surface area contributed by atoms with Crippen molar-refractivity contribution in [3.05, 3.63) is 33.1 Å². The second-order valence-electron chi connectivity index (χ2n) is 11.5. The molecule has 0 bridgehead atoms. The summed E-state index contributed by atoms with van der Waals surface area (Å²) in [5.41, 5.74) is -0.488. The molecule has 1 aliphatic carbocycles. The maximum absolute atomic E-state index is 12.7. The van der Waals surface area contributed by atoms with Crippen LogP contribution in [0, 0.1) is 5.92 Å². The molecule has 1 aromatic rings. The Morgan fingerprint density at radius 2 is 1.64 bits per heavy atom. The monoisotopic (exact) mass is 540 g/mol. The van der Waals surface area contributed by atoms with Crippen LogP contribution in [0.25, 0.3) is 0 Å². The van der Waals surface area contributed by atoms with Gasteiger partial charge in [0.05, 0.1) is 18.6 Å². The summed E-state index contributed by atoms with van der Waals surface area (Å²) in [6.07, 6.45) is 0.423. The number of esters is 1. The largest absolute Gasteiger partial charge is 0.430 e. The van der Waals surface area contributed by atoms with Crippen molar-refractivity contribution >= 4 is 23.1 Å². The molecular weight excluding hydrogens is 500 g/mol. The fourth-order valence-electron chi connectivity index (χ4n) is 6.25. The van der Waals surface area contributed by atoms with E-state index in [1.54, 1.807) is 0 Å². The van der Waals surface area contributed by atoms with E-state index in [1.807, 2.05) is 0 Å². The molecule has 202 valence electrons. The minimum absolute atomic E-state index is 0.112. The first-order valence-electron chi connectivity index (χ1n) is 12.9. The highest BCUT2D eigenvalue weighted by Gasteiger charge is 2.82. The van der Waals surface area contributed by atoms with Crippen molar-refractivity contribution in [3.8, 4) is 0 Å². The third-order valence-corrected chi connectivity index (χ3v) is 18.2. The van der Waals surface area contributed by atoms with Crippen LogP contribution < -0.4 is 11.2 Å². The fraction of sp³-hybridized carbons (Fsp3) is 0.792. The zero-order valence-corrected chi connectivity index (χ0v) is 24.7. The number of H-pyrrole nitrogens is 1. The summed E-state index contributed by atoms with van der Waals surface area (Å²) in [5.74, 6) is -2.33. The molecule has 3 unspecified atom stereocenters. The Hall–Kier alpha value is -1.58. The van der Waals surface area contributed by atoms with Gasteiger partial charge >= 0.3 is 28.8 Å². The van der Waals surface area contributed by atoms with Crippen LogP contribution in [-0.2, 0) is 27.2 Å². The van der Waals surface area contributed by atoms with Gasteiger partial charge in [0.15, 0.2) is 0 Å². The number of nitrogens with one attached hydrogen (secondary N) is 1. The molecule has 0 radical (unpaired) electrons. The molecule has 0 amide bonds. The third kappa shape index (κ3) is 4.09. The van der Waals surface area contributed by atoms with Crippen LogP contribution in [0.3, 0.4) is 0 Å². The highest BCUT2D eigenvalue weighted by Crippen LogP contribution is 2.66. The van der Waals surface area contributed by atoms with Crippen LogP contribution >= 0.6 is 0 Å². The molecule has 36 heavy (non-hydrogen) atoms. The topological polar surface area (TPSA) is 118 Å². The lowest BCUT2D eigenvalue weighted by Gasteiger charge is -2.51. The zero-order valence-electron chi connectivity index (χ0n) is 22.7. The molecule has 3 fully saturated rings. The lowest BCUT2D eigenvalue weighted by Crippen LogP contribution is -2.65. The predicted molar refractivity (Wildman–Crippen MR) is 137 cm³/mol. The van der Waals surface area contributed by atoms with E-state index < -0.39 is 64.3 Å². The van der Waals surface area contributed by atoms with Crippen LogP contribution in [0.5, 0.6) is 0 Å². The second-order valence-corrected chi connectivity index (χ2v) is 20.4. The first-order valence-corrected chi connectivity index (χ1v) is 16.9. The first kappa shape index (κ1) is 27.5. The molecule has 0 spiro atoms. The summed E-state index contributed by atoms with van der Waals surface area (Å²) in [5, 5.41) is 0. The van der Waals surface area contributed by atoms with Gasteiger partial charge < -0.3 is 22.4 Å². The number of nitrogens with zero attached hydrogens (tertiary/aromatic N) is 1. The Kier molecular flexibility index (Phi) is 7.10. The van der Waals surface area contributed by atoms with Gasteiger partial charge in [0.1, 0.15) is 12.1 Å². The molecule has 10 nitrogen and oxygen atoms in total. The molecule has 3 heterocycles. The molecule has 2 saturated heterocycles. The van der Waals surface area contributed by atoms with Crippen molar-refractivity contribution < 1.29 is 27.2 Å². The van der Waals surface area contributed by atoms with E-state index in [1.165, 1.54) is 23.8 Å². The summed E-state index contributed by atoms with van der Waals surface area (Å²) >= 11 is 0. The predicted octanol–water partition coefficient (Wildman–Crippen LogP) is 3.32. The van der Waals surface area contributed by atoms with E-state index in [0.717, 1.165) is 0 Å². The van der Waals surface area contributed by atoms with Gasteiger partial charge in [-0.1, -0.05) is 55.4 Å². The summed E-state index contributed by atoms with van der Waals surface area (Å²) in [7, 11) is -5.68. The second kappa shape index (κ2) is 9.31. The Balaban J connectivity index is 1.82. The number of carbonyl (C=O) groups is 1. The number of hydrogen-bond donors (Lipinski definition) is 1. The number of ether oxygens (including phenoxy) is 2. The Morgan fingerprint density at radius 3 is 2.14 bits per heavy atom. The van der Waals surface area contributed by atoms with Crippen LogP contribution in [0.15, 0.2) is 21.9 Å². The molecular formula is C24H40N2O8Si2. The zero-order chi connectivity index (χ0) is 26.8. The molecule has 1 N–H and O–H groups in total. The van der Waals surface area contributed by atoms with Gasteiger partial charge in [-0.3, -0.25) is 19.1 Å². The Labute approximate surface area is 214 Å². The maximum atomic E-state index is 12.7. The number of aromatic amines is 1. The molecule has 1 aromatic heterocycles. The van der Waals surface area contributed by atoms with Gasteiger partial charge in [0.25, 0.3) is 5.56 Å². The van der Waals surface area contributed by atoms with Gasteiger partial charge in [-0.15, -0.1) is 0 Å². The number of rotatable bonds is 6. The highest BCUT2D eigenvalue weighted by atomic mass is 28.5. The maximum Gasteiger partial charge on any atom is 0.335 e. The lowest BCUT2D eigenvalue weighted by atomic mass is 10.1. The SMILES string of the molecule is CC(=O)OC12O[C@@H]3CO[Si](C(C)C)(C(C)C)O[Si](C(C)C)(C(C)C)OC3C1[C@@H]2n1ccc(=O)[nH]c1=O. The van der Waals surface area contributed by atoms with Gasteiger partial charge in [0, 0.05) is 19.2 Å². The minimum atomic E-state index is -2.94. The molecule has 4 rings (SSSR count). The van der Waals surface area contributed by atoms with Gasteiger partial charge in [-0.05, 0) is 22.2 Å². The van der Waals surface area contributed by atoms with Crippen LogP contribution in [0.2, 0.25) is 22.2 Å². The lowest BCUT2D eigenvalue weighted by molar-refractivity contribution is -0.201. The summed E-state index contributed by atoms with van der Waals surface area (Å²) in [4.78, 5) is 38.8. The standard InChI is InChI=1S/C24H40N2O8Si2/c1-13(2)35(14(3)4)30-12-18-21(33-36(34-35,15(5)6)16(7)8)20-22(24(20,32-18)31-17(9)27)26-11-10-19(28)25-23(26)29/h10-11,13-16,18,20-22H,12H2,1-9H3,(H,25,28,29)/t18-,20?,21?,22+,24?/m1/s1. The number of aromatic nitrogens is 2. The Bertz CT molecular complexity index is 1100. The van der Waals surface area contributed by atoms with Gasteiger partial charge in [0.2, 0.25) is 5.79 Å². The molecule has 1 saturated carbocycles. The van der Waals surface area contributed by atoms with Crippen molar-refractivity contribution in [1.82, 2.24) is 9.55 Å². The van der Waals surface area contributed by atoms with Crippen molar-refractivity contribution in [1.29, 1.82) is 0 Å². The first-order chi connectivity index (χ1) is 16.7. The average Bonchev–Trinajstić information content (AvgIpc) is 3.24. The van der Waals surface area contributed by atoms with E-state index in [4.69, 9.17) is 22.4 Å². The van der Waals surface area contributed by atoms with Crippen molar-refractivity contribution in [2.24, 2.45) is 5.92 Å². The molecule has 2 aliphatic heterocycles. The van der Waals surface area contributed by atoms with Crippen LogP contribution in [-0.4, -0.2) is 57.2 Å². The summed E-state index contributed by atoms with van der Waals surface area (Å²) in [6, 6.07) is 0.640.